The van der Waals surface area contributed by atoms with Crippen LogP contribution in [0.5, 0.6) is 0 Å². The zero-order valence-electron chi connectivity index (χ0n) is 13.7. The Labute approximate surface area is 142 Å². The number of benzene rings is 2. The van der Waals surface area contributed by atoms with Crippen LogP contribution in [0.1, 0.15) is 18.1 Å². The molecule has 0 aromatic heterocycles. The van der Waals surface area contributed by atoms with Crippen molar-refractivity contribution in [3.05, 3.63) is 71.8 Å². The van der Waals surface area contributed by atoms with E-state index in [2.05, 4.69) is 10.6 Å². The Hall–Kier alpha value is -2.82. The smallest absolute Gasteiger partial charge is 0.408 e. The fraction of sp³-hybridized carbons (Fsp3) is 0.263. The molecule has 5 nitrogen and oxygen atoms in total. The van der Waals surface area contributed by atoms with Gasteiger partial charge in [-0.3, -0.25) is 4.79 Å². The van der Waals surface area contributed by atoms with Crippen molar-refractivity contribution in [2.45, 2.75) is 26.0 Å². The van der Waals surface area contributed by atoms with Gasteiger partial charge in [0.1, 0.15) is 12.6 Å². The monoisotopic (exact) mass is 326 g/mol. The van der Waals surface area contributed by atoms with Crippen molar-refractivity contribution in [2.75, 3.05) is 6.54 Å². The second kappa shape index (κ2) is 9.35. The number of amides is 2. The van der Waals surface area contributed by atoms with Gasteiger partial charge in [0, 0.05) is 6.54 Å². The van der Waals surface area contributed by atoms with Crippen molar-refractivity contribution in [3.63, 3.8) is 0 Å². The molecule has 0 aliphatic rings. The minimum atomic E-state index is -0.649. The molecular weight excluding hydrogens is 304 g/mol. The van der Waals surface area contributed by atoms with Crippen LogP contribution >= 0.6 is 0 Å². The van der Waals surface area contributed by atoms with Crippen LogP contribution in [0.4, 0.5) is 4.79 Å². The van der Waals surface area contributed by atoms with Crippen molar-refractivity contribution in [1.29, 1.82) is 0 Å². The highest BCUT2D eigenvalue weighted by molar-refractivity contribution is 5.85. The average molecular weight is 326 g/mol. The molecule has 0 radical (unpaired) electrons. The highest BCUT2D eigenvalue weighted by Crippen LogP contribution is 2.01. The summed E-state index contributed by atoms with van der Waals surface area (Å²) < 4.78 is 5.09. The summed E-state index contributed by atoms with van der Waals surface area (Å²) in [5.74, 6) is -0.234. The van der Waals surface area contributed by atoms with Crippen LogP contribution in [-0.2, 0) is 22.6 Å². The van der Waals surface area contributed by atoms with Gasteiger partial charge in [-0.15, -0.1) is 0 Å². The molecule has 24 heavy (non-hydrogen) atoms. The maximum atomic E-state index is 12.0. The summed E-state index contributed by atoms with van der Waals surface area (Å²) in [5, 5.41) is 5.33. The van der Waals surface area contributed by atoms with Gasteiger partial charge in [-0.25, -0.2) is 4.79 Å². The molecule has 0 spiro atoms. The molecule has 2 aromatic rings. The molecule has 0 saturated heterocycles. The zero-order chi connectivity index (χ0) is 17.2. The molecule has 0 fully saturated rings. The third kappa shape index (κ3) is 6.12. The van der Waals surface area contributed by atoms with E-state index in [1.54, 1.807) is 6.92 Å². The van der Waals surface area contributed by atoms with Crippen LogP contribution in [0.3, 0.4) is 0 Å². The molecule has 0 aliphatic heterocycles. The van der Waals surface area contributed by atoms with E-state index in [-0.39, 0.29) is 12.5 Å². The Morgan fingerprint density at radius 1 is 0.958 bits per heavy atom. The minimum Gasteiger partial charge on any atom is -0.445 e. The maximum absolute atomic E-state index is 12.0. The Balaban J connectivity index is 1.66. The molecule has 2 rings (SSSR count). The molecule has 126 valence electrons. The average Bonchev–Trinajstić information content (AvgIpc) is 2.61. The van der Waals surface area contributed by atoms with Gasteiger partial charge in [-0.05, 0) is 24.5 Å². The molecule has 2 N–H and O–H groups in total. The molecule has 2 amide bonds. The predicted molar refractivity (Wildman–Crippen MR) is 92.4 cm³/mol. The van der Waals surface area contributed by atoms with Gasteiger partial charge in [-0.2, -0.15) is 0 Å². The fourth-order valence-corrected chi connectivity index (χ4v) is 2.13. The number of hydrogen-bond acceptors (Lipinski definition) is 3. The lowest BCUT2D eigenvalue weighted by Gasteiger charge is -2.14. The van der Waals surface area contributed by atoms with E-state index in [0.29, 0.717) is 6.54 Å². The van der Waals surface area contributed by atoms with Crippen LogP contribution in [0, 0.1) is 0 Å². The first-order valence-electron chi connectivity index (χ1n) is 7.94. The molecule has 5 heteroatoms. The minimum absolute atomic E-state index is 0.176. The Morgan fingerprint density at radius 3 is 2.17 bits per heavy atom. The van der Waals surface area contributed by atoms with Gasteiger partial charge in [-0.1, -0.05) is 60.7 Å². The van der Waals surface area contributed by atoms with Crippen molar-refractivity contribution in [2.24, 2.45) is 0 Å². The highest BCUT2D eigenvalue weighted by Gasteiger charge is 2.15. The molecule has 0 saturated carbocycles. The van der Waals surface area contributed by atoms with Gasteiger partial charge in [0.05, 0.1) is 0 Å². The Bertz CT molecular complexity index is 644. The first-order chi connectivity index (χ1) is 11.6. The van der Waals surface area contributed by atoms with Crippen molar-refractivity contribution >= 4 is 12.0 Å². The summed E-state index contributed by atoms with van der Waals surface area (Å²) in [4.78, 5) is 23.7. The SMILES string of the molecule is CC(NC(=O)OCc1ccccc1)C(=O)NCCc1ccccc1. The molecule has 1 unspecified atom stereocenters. The van der Waals surface area contributed by atoms with Gasteiger partial charge in [0.15, 0.2) is 0 Å². The lowest BCUT2D eigenvalue weighted by Crippen LogP contribution is -2.45. The van der Waals surface area contributed by atoms with Gasteiger partial charge in [0.25, 0.3) is 0 Å². The molecular formula is C19H22N2O3. The van der Waals surface area contributed by atoms with Crippen LogP contribution in [-0.4, -0.2) is 24.6 Å². The van der Waals surface area contributed by atoms with Gasteiger partial charge >= 0.3 is 6.09 Å². The van der Waals surface area contributed by atoms with E-state index in [4.69, 9.17) is 4.74 Å². The summed E-state index contributed by atoms with van der Waals surface area (Å²) in [6.07, 6.45) is 0.141. The predicted octanol–water partition coefficient (Wildman–Crippen LogP) is 2.66. The second-order valence-corrected chi connectivity index (χ2v) is 5.45. The Kier molecular flexibility index (Phi) is 6.83. The number of carbonyl (C=O) groups excluding carboxylic acids is 2. The topological polar surface area (TPSA) is 67.4 Å². The standard InChI is InChI=1S/C19H22N2O3/c1-15(18(22)20-13-12-16-8-4-2-5-9-16)21-19(23)24-14-17-10-6-3-7-11-17/h2-11,15H,12-14H2,1H3,(H,20,22)(H,21,23). The number of rotatable bonds is 7. The van der Waals surface area contributed by atoms with Crippen molar-refractivity contribution in [1.82, 2.24) is 10.6 Å². The molecule has 0 aliphatic carbocycles. The number of ether oxygens (including phenoxy) is 1. The molecule has 0 bridgehead atoms. The van der Waals surface area contributed by atoms with E-state index >= 15 is 0 Å². The fourth-order valence-electron chi connectivity index (χ4n) is 2.13. The maximum Gasteiger partial charge on any atom is 0.408 e. The van der Waals surface area contributed by atoms with E-state index in [1.165, 1.54) is 0 Å². The lowest BCUT2D eigenvalue weighted by molar-refractivity contribution is -0.122. The zero-order valence-corrected chi connectivity index (χ0v) is 13.7. The van der Waals surface area contributed by atoms with E-state index < -0.39 is 12.1 Å². The Morgan fingerprint density at radius 2 is 1.54 bits per heavy atom. The third-order valence-corrected chi connectivity index (χ3v) is 3.50. The largest absolute Gasteiger partial charge is 0.445 e. The molecule has 2 aromatic carbocycles. The first-order valence-corrected chi connectivity index (χ1v) is 7.94. The summed E-state index contributed by atoms with van der Waals surface area (Å²) in [5.41, 5.74) is 2.05. The van der Waals surface area contributed by atoms with Crippen molar-refractivity contribution < 1.29 is 14.3 Å². The number of nitrogens with one attached hydrogen (secondary N) is 2. The number of carbonyl (C=O) groups is 2. The number of alkyl carbamates (subject to hydrolysis) is 1. The third-order valence-electron chi connectivity index (χ3n) is 3.50. The van der Waals surface area contributed by atoms with Crippen LogP contribution in [0.25, 0.3) is 0 Å². The van der Waals surface area contributed by atoms with E-state index in [9.17, 15) is 9.59 Å². The summed E-state index contributed by atoms with van der Waals surface area (Å²) in [7, 11) is 0. The quantitative estimate of drug-likeness (QED) is 0.822. The van der Waals surface area contributed by atoms with Gasteiger partial charge < -0.3 is 15.4 Å². The normalized spacial score (nSPS) is 11.4. The first kappa shape index (κ1) is 17.5. The highest BCUT2D eigenvalue weighted by atomic mass is 16.5. The van der Waals surface area contributed by atoms with E-state index in [0.717, 1.165) is 17.5 Å². The van der Waals surface area contributed by atoms with Crippen molar-refractivity contribution in [3.8, 4) is 0 Å². The van der Waals surface area contributed by atoms with Crippen LogP contribution < -0.4 is 10.6 Å². The molecule has 0 heterocycles. The number of hydrogen-bond donors (Lipinski definition) is 2. The summed E-state index contributed by atoms with van der Waals surface area (Å²) in [6, 6.07) is 18.6. The lowest BCUT2D eigenvalue weighted by atomic mass is 10.1. The second-order valence-electron chi connectivity index (χ2n) is 5.45. The van der Waals surface area contributed by atoms with Crippen LogP contribution in [0.2, 0.25) is 0 Å². The molecule has 1 atom stereocenters. The van der Waals surface area contributed by atoms with Crippen LogP contribution in [0.15, 0.2) is 60.7 Å². The summed E-state index contributed by atoms with van der Waals surface area (Å²) in [6.45, 7) is 2.32. The summed E-state index contributed by atoms with van der Waals surface area (Å²) >= 11 is 0. The van der Waals surface area contributed by atoms with Gasteiger partial charge in [0.2, 0.25) is 5.91 Å². The van der Waals surface area contributed by atoms with E-state index in [1.807, 2.05) is 60.7 Å².